The molecule has 0 atom stereocenters. The summed E-state index contributed by atoms with van der Waals surface area (Å²) in [5.41, 5.74) is 4.45. The lowest BCUT2D eigenvalue weighted by molar-refractivity contribution is 0.371. The molecule has 0 spiro atoms. The zero-order valence-corrected chi connectivity index (χ0v) is 12.3. The molecule has 112 valence electrons. The number of aryl methyl sites for hydroxylation is 1. The molecule has 3 aromatic heterocycles. The second-order valence-electron chi connectivity index (χ2n) is 5.40. The second kappa shape index (κ2) is 5.34. The van der Waals surface area contributed by atoms with E-state index < -0.39 is 0 Å². The maximum Gasteiger partial charge on any atom is 0.246 e. The molecule has 7 nitrogen and oxygen atoms in total. The molecule has 0 aromatic carbocycles. The fraction of sp³-hybridized carbons (Fsp3) is 0.333. The van der Waals surface area contributed by atoms with Crippen LogP contribution in [-0.4, -0.2) is 31.2 Å². The van der Waals surface area contributed by atoms with E-state index in [1.165, 1.54) is 11.1 Å². The van der Waals surface area contributed by atoms with Gasteiger partial charge in [-0.2, -0.15) is 4.98 Å². The Balaban J connectivity index is 1.72. The Labute approximate surface area is 127 Å². The van der Waals surface area contributed by atoms with Crippen LogP contribution >= 0.6 is 0 Å². The number of nitrogens with one attached hydrogen (secondary N) is 1. The van der Waals surface area contributed by atoms with Crippen molar-refractivity contribution in [2.75, 3.05) is 6.54 Å². The Morgan fingerprint density at radius 3 is 3.23 bits per heavy atom. The van der Waals surface area contributed by atoms with Gasteiger partial charge in [0.25, 0.3) is 0 Å². The Bertz CT molecular complexity index is 792. The van der Waals surface area contributed by atoms with Gasteiger partial charge in [0.2, 0.25) is 11.7 Å². The maximum atomic E-state index is 5.39. The van der Waals surface area contributed by atoms with Gasteiger partial charge in [-0.25, -0.2) is 4.98 Å². The zero-order valence-electron chi connectivity index (χ0n) is 12.3. The van der Waals surface area contributed by atoms with E-state index in [9.17, 15) is 0 Å². The SMILES string of the molecule is Cc1ncc2c(c1-c1noc(Cn3ccnc3)n1)CCNC2. The lowest BCUT2D eigenvalue weighted by atomic mass is 9.95. The average Bonchev–Trinajstić information content (AvgIpc) is 3.20. The van der Waals surface area contributed by atoms with Gasteiger partial charge in [-0.3, -0.25) is 4.98 Å². The highest BCUT2D eigenvalue weighted by Crippen LogP contribution is 2.28. The summed E-state index contributed by atoms with van der Waals surface area (Å²) >= 11 is 0. The Morgan fingerprint density at radius 1 is 1.41 bits per heavy atom. The number of nitrogens with zero attached hydrogens (tertiary/aromatic N) is 5. The smallest absolute Gasteiger partial charge is 0.246 e. The molecular weight excluding hydrogens is 280 g/mol. The molecule has 0 saturated heterocycles. The first kappa shape index (κ1) is 13.1. The second-order valence-corrected chi connectivity index (χ2v) is 5.40. The van der Waals surface area contributed by atoms with Crippen molar-refractivity contribution in [3.8, 4) is 11.4 Å². The summed E-state index contributed by atoms with van der Waals surface area (Å²) in [5.74, 6) is 1.19. The van der Waals surface area contributed by atoms with Crippen molar-refractivity contribution in [1.82, 2.24) is 30.0 Å². The van der Waals surface area contributed by atoms with Gasteiger partial charge in [-0.1, -0.05) is 5.16 Å². The van der Waals surface area contributed by atoms with Crippen LogP contribution in [0.3, 0.4) is 0 Å². The fourth-order valence-electron chi connectivity index (χ4n) is 2.82. The molecule has 7 heteroatoms. The van der Waals surface area contributed by atoms with Crippen LogP contribution in [0.15, 0.2) is 29.4 Å². The van der Waals surface area contributed by atoms with E-state index in [2.05, 4.69) is 25.4 Å². The van der Waals surface area contributed by atoms with Crippen LogP contribution < -0.4 is 5.32 Å². The predicted molar refractivity (Wildman–Crippen MR) is 79.0 cm³/mol. The van der Waals surface area contributed by atoms with Crippen molar-refractivity contribution in [3.63, 3.8) is 0 Å². The van der Waals surface area contributed by atoms with Crippen LogP contribution in [0.5, 0.6) is 0 Å². The molecule has 0 unspecified atom stereocenters. The quantitative estimate of drug-likeness (QED) is 0.785. The lowest BCUT2D eigenvalue weighted by Gasteiger charge is -2.19. The fourth-order valence-corrected chi connectivity index (χ4v) is 2.82. The van der Waals surface area contributed by atoms with Crippen LogP contribution in [0, 0.1) is 6.92 Å². The van der Waals surface area contributed by atoms with Crippen molar-refractivity contribution in [2.24, 2.45) is 0 Å². The van der Waals surface area contributed by atoms with Crippen molar-refractivity contribution in [2.45, 2.75) is 26.4 Å². The zero-order chi connectivity index (χ0) is 14.9. The molecule has 0 radical (unpaired) electrons. The van der Waals surface area contributed by atoms with Crippen molar-refractivity contribution in [3.05, 3.63) is 47.6 Å². The highest BCUT2D eigenvalue weighted by molar-refractivity contribution is 5.64. The van der Waals surface area contributed by atoms with Gasteiger partial charge in [0.05, 0.1) is 6.33 Å². The number of rotatable bonds is 3. The molecule has 0 amide bonds. The topological polar surface area (TPSA) is 81.7 Å². The van der Waals surface area contributed by atoms with Crippen LogP contribution in [-0.2, 0) is 19.5 Å². The van der Waals surface area contributed by atoms with Crippen LogP contribution in [0.25, 0.3) is 11.4 Å². The molecule has 0 bridgehead atoms. The number of aromatic nitrogens is 5. The standard InChI is InChI=1S/C15H16N6O/c1-10-14(12-2-3-16-6-11(12)7-18-10)15-19-13(22-20-15)8-21-5-4-17-9-21/h4-5,7,9,16H,2-3,6,8H2,1H3. The number of pyridine rings is 1. The van der Waals surface area contributed by atoms with E-state index in [-0.39, 0.29) is 0 Å². The Hall–Kier alpha value is -2.54. The third kappa shape index (κ3) is 2.29. The van der Waals surface area contributed by atoms with E-state index >= 15 is 0 Å². The minimum Gasteiger partial charge on any atom is -0.337 e. The molecule has 0 saturated carbocycles. The molecule has 0 fully saturated rings. The van der Waals surface area contributed by atoms with Gasteiger partial charge in [0.1, 0.15) is 6.54 Å². The molecule has 0 aliphatic carbocycles. The first-order valence-electron chi connectivity index (χ1n) is 7.28. The predicted octanol–water partition coefficient (Wildman–Crippen LogP) is 1.33. The maximum absolute atomic E-state index is 5.39. The first-order valence-corrected chi connectivity index (χ1v) is 7.28. The molecule has 1 aliphatic rings. The third-order valence-electron chi connectivity index (χ3n) is 3.90. The highest BCUT2D eigenvalue weighted by Gasteiger charge is 2.20. The summed E-state index contributed by atoms with van der Waals surface area (Å²) in [7, 11) is 0. The average molecular weight is 296 g/mol. The third-order valence-corrected chi connectivity index (χ3v) is 3.90. The Kier molecular flexibility index (Phi) is 3.19. The number of fused-ring (bicyclic) bond motifs is 1. The normalized spacial score (nSPS) is 14.0. The van der Waals surface area contributed by atoms with Crippen molar-refractivity contribution in [1.29, 1.82) is 0 Å². The summed E-state index contributed by atoms with van der Waals surface area (Å²) < 4.78 is 7.28. The van der Waals surface area contributed by atoms with Crippen LogP contribution in [0.1, 0.15) is 22.7 Å². The van der Waals surface area contributed by atoms with E-state index in [0.29, 0.717) is 18.3 Å². The number of imidazole rings is 1. The van der Waals surface area contributed by atoms with Crippen LogP contribution in [0.4, 0.5) is 0 Å². The van der Waals surface area contributed by atoms with Gasteiger partial charge in [-0.05, 0) is 31.0 Å². The van der Waals surface area contributed by atoms with E-state index in [1.54, 1.807) is 12.5 Å². The monoisotopic (exact) mass is 296 g/mol. The minimum absolute atomic E-state index is 0.524. The largest absolute Gasteiger partial charge is 0.337 e. The molecule has 22 heavy (non-hydrogen) atoms. The first-order chi connectivity index (χ1) is 10.8. The molecular formula is C15H16N6O. The molecule has 4 rings (SSSR count). The number of hydrogen-bond acceptors (Lipinski definition) is 6. The van der Waals surface area contributed by atoms with Gasteiger partial charge in [0.15, 0.2) is 0 Å². The number of hydrogen-bond donors (Lipinski definition) is 1. The summed E-state index contributed by atoms with van der Waals surface area (Å²) in [6.45, 7) is 4.32. The van der Waals surface area contributed by atoms with Gasteiger partial charge >= 0.3 is 0 Å². The lowest BCUT2D eigenvalue weighted by Crippen LogP contribution is -2.24. The van der Waals surface area contributed by atoms with Crippen LogP contribution in [0.2, 0.25) is 0 Å². The molecule has 4 heterocycles. The minimum atomic E-state index is 0.524. The Morgan fingerprint density at radius 2 is 2.36 bits per heavy atom. The summed E-state index contributed by atoms with van der Waals surface area (Å²) in [6.07, 6.45) is 8.22. The highest BCUT2D eigenvalue weighted by atomic mass is 16.5. The van der Waals surface area contributed by atoms with Gasteiger partial charge < -0.3 is 14.4 Å². The van der Waals surface area contributed by atoms with Gasteiger partial charge in [0, 0.05) is 36.4 Å². The van der Waals surface area contributed by atoms with E-state index in [4.69, 9.17) is 4.52 Å². The molecule has 1 N–H and O–H groups in total. The van der Waals surface area contributed by atoms with Crippen molar-refractivity contribution < 1.29 is 4.52 Å². The summed E-state index contributed by atoms with van der Waals surface area (Å²) in [5, 5.41) is 7.52. The summed E-state index contributed by atoms with van der Waals surface area (Å²) in [6, 6.07) is 0. The molecule has 1 aliphatic heterocycles. The van der Waals surface area contributed by atoms with Gasteiger partial charge in [-0.15, -0.1) is 0 Å². The summed E-state index contributed by atoms with van der Waals surface area (Å²) in [4.78, 5) is 13.0. The van der Waals surface area contributed by atoms with E-state index in [1.807, 2.05) is 23.9 Å². The van der Waals surface area contributed by atoms with E-state index in [0.717, 1.165) is 30.8 Å². The molecule has 3 aromatic rings. The van der Waals surface area contributed by atoms with Crippen molar-refractivity contribution >= 4 is 0 Å².